The molecule has 7 heteroatoms. The number of carbonyl (C=O) groups is 3. The van der Waals surface area contributed by atoms with Gasteiger partial charge in [0.2, 0.25) is 0 Å². The summed E-state index contributed by atoms with van der Waals surface area (Å²) >= 11 is 0. The van der Waals surface area contributed by atoms with E-state index in [-0.39, 0.29) is 37.5 Å². The fraction of sp³-hybridized carbons (Fsp3) is 0.533. The SMILES string of the molecule is C[C@H](CC(=O)OCCN1C(=O)NC(C)(C)C1=O)n1cccc1. The molecule has 1 N–H and O–H groups in total. The molecule has 3 amide bonds. The van der Waals surface area contributed by atoms with Crippen molar-refractivity contribution in [2.24, 2.45) is 0 Å². The number of urea groups is 1. The molecule has 1 aliphatic heterocycles. The van der Waals surface area contributed by atoms with Crippen molar-refractivity contribution in [3.05, 3.63) is 24.5 Å². The topological polar surface area (TPSA) is 80.6 Å². The molecule has 0 spiro atoms. The van der Waals surface area contributed by atoms with Gasteiger partial charge < -0.3 is 14.6 Å². The zero-order valence-electron chi connectivity index (χ0n) is 13.0. The number of esters is 1. The number of aromatic nitrogens is 1. The lowest BCUT2D eigenvalue weighted by Crippen LogP contribution is -2.40. The first-order chi connectivity index (χ1) is 10.3. The third-order valence-electron chi connectivity index (χ3n) is 3.62. The molecule has 0 saturated carbocycles. The summed E-state index contributed by atoms with van der Waals surface area (Å²) in [6.45, 7) is 5.27. The highest BCUT2D eigenvalue weighted by molar-refractivity contribution is 6.06. The van der Waals surface area contributed by atoms with E-state index >= 15 is 0 Å². The summed E-state index contributed by atoms with van der Waals surface area (Å²) in [5.74, 6) is -0.665. The summed E-state index contributed by atoms with van der Waals surface area (Å²) < 4.78 is 7.03. The van der Waals surface area contributed by atoms with Crippen LogP contribution in [0.4, 0.5) is 4.79 Å². The van der Waals surface area contributed by atoms with E-state index in [2.05, 4.69) is 5.32 Å². The van der Waals surface area contributed by atoms with Crippen LogP contribution >= 0.6 is 0 Å². The quantitative estimate of drug-likeness (QED) is 0.635. The summed E-state index contributed by atoms with van der Waals surface area (Å²) in [5, 5.41) is 2.58. The average Bonchev–Trinajstić information content (AvgIpc) is 3.01. The Hall–Kier alpha value is -2.31. The molecular formula is C15H21N3O4. The Kier molecular flexibility index (Phi) is 4.54. The molecule has 1 atom stereocenters. The molecule has 120 valence electrons. The van der Waals surface area contributed by atoms with Gasteiger partial charge in [-0.3, -0.25) is 14.5 Å². The molecule has 1 fully saturated rings. The third kappa shape index (κ3) is 3.47. The number of hydrogen-bond donors (Lipinski definition) is 1. The van der Waals surface area contributed by atoms with Crippen molar-refractivity contribution in [3.8, 4) is 0 Å². The van der Waals surface area contributed by atoms with Crippen molar-refractivity contribution in [3.63, 3.8) is 0 Å². The second-order valence-electron chi connectivity index (χ2n) is 5.92. The standard InChI is InChI=1S/C15H21N3O4/c1-11(17-6-4-5-7-17)10-12(19)22-9-8-18-13(20)15(2,3)16-14(18)21/h4-7,11H,8-10H2,1-3H3,(H,16,21)/t11-/m1/s1. The normalized spacial score (nSPS) is 18.2. The van der Waals surface area contributed by atoms with Gasteiger partial charge in [-0.1, -0.05) is 0 Å². The molecule has 1 aromatic rings. The predicted octanol–water partition coefficient (Wildman–Crippen LogP) is 1.31. The van der Waals surface area contributed by atoms with Gasteiger partial charge in [0, 0.05) is 18.4 Å². The number of rotatable bonds is 6. The molecule has 1 aliphatic rings. The number of nitrogens with one attached hydrogen (secondary N) is 1. The molecule has 0 radical (unpaired) electrons. The first-order valence-corrected chi connectivity index (χ1v) is 7.23. The number of carbonyl (C=O) groups excluding carboxylic acids is 3. The lowest BCUT2D eigenvalue weighted by atomic mass is 10.1. The minimum Gasteiger partial charge on any atom is -0.464 e. The fourth-order valence-corrected chi connectivity index (χ4v) is 2.32. The Morgan fingerprint density at radius 1 is 1.32 bits per heavy atom. The fourth-order valence-electron chi connectivity index (χ4n) is 2.32. The Morgan fingerprint density at radius 2 is 1.95 bits per heavy atom. The summed E-state index contributed by atoms with van der Waals surface area (Å²) in [7, 11) is 0. The van der Waals surface area contributed by atoms with Crippen LogP contribution in [-0.2, 0) is 14.3 Å². The third-order valence-corrected chi connectivity index (χ3v) is 3.62. The van der Waals surface area contributed by atoms with E-state index in [1.807, 2.05) is 36.0 Å². The van der Waals surface area contributed by atoms with Gasteiger partial charge in [0.1, 0.15) is 12.1 Å². The van der Waals surface area contributed by atoms with Crippen molar-refractivity contribution in [1.29, 1.82) is 0 Å². The van der Waals surface area contributed by atoms with Crippen molar-refractivity contribution < 1.29 is 19.1 Å². The summed E-state index contributed by atoms with van der Waals surface area (Å²) in [5.41, 5.74) is -0.899. The largest absolute Gasteiger partial charge is 0.464 e. The van der Waals surface area contributed by atoms with Crippen LogP contribution in [0.25, 0.3) is 0 Å². The zero-order valence-corrected chi connectivity index (χ0v) is 13.0. The number of hydrogen-bond acceptors (Lipinski definition) is 4. The predicted molar refractivity (Wildman–Crippen MR) is 79.0 cm³/mol. The molecular weight excluding hydrogens is 286 g/mol. The van der Waals surface area contributed by atoms with E-state index in [1.165, 1.54) is 0 Å². The van der Waals surface area contributed by atoms with Gasteiger partial charge in [-0.15, -0.1) is 0 Å². The van der Waals surface area contributed by atoms with Crippen LogP contribution in [0.2, 0.25) is 0 Å². The highest BCUT2D eigenvalue weighted by Gasteiger charge is 2.43. The van der Waals surface area contributed by atoms with Crippen molar-refractivity contribution in [1.82, 2.24) is 14.8 Å². The van der Waals surface area contributed by atoms with Gasteiger partial charge in [0.05, 0.1) is 13.0 Å². The Bertz CT molecular complexity index is 565. The second kappa shape index (κ2) is 6.21. The molecule has 1 saturated heterocycles. The van der Waals surface area contributed by atoms with Crippen LogP contribution in [0.15, 0.2) is 24.5 Å². The highest BCUT2D eigenvalue weighted by Crippen LogP contribution is 2.16. The number of amides is 3. The number of imide groups is 1. The maximum atomic E-state index is 11.9. The van der Waals surface area contributed by atoms with E-state index in [4.69, 9.17) is 4.74 Å². The first-order valence-electron chi connectivity index (χ1n) is 7.23. The van der Waals surface area contributed by atoms with Gasteiger partial charge in [0.25, 0.3) is 5.91 Å². The van der Waals surface area contributed by atoms with Crippen LogP contribution in [0.1, 0.15) is 33.2 Å². The lowest BCUT2D eigenvalue weighted by Gasteiger charge is -2.16. The Labute approximate surface area is 129 Å². The minimum atomic E-state index is -0.899. The van der Waals surface area contributed by atoms with Crippen LogP contribution < -0.4 is 5.32 Å². The van der Waals surface area contributed by atoms with Crippen LogP contribution in [0, 0.1) is 0 Å². The van der Waals surface area contributed by atoms with Crippen molar-refractivity contribution in [2.75, 3.05) is 13.2 Å². The molecule has 2 heterocycles. The van der Waals surface area contributed by atoms with Crippen LogP contribution in [-0.4, -0.2) is 46.1 Å². The smallest absolute Gasteiger partial charge is 0.325 e. The van der Waals surface area contributed by atoms with E-state index in [0.717, 1.165) is 4.90 Å². The zero-order chi connectivity index (χ0) is 16.3. The Morgan fingerprint density at radius 3 is 2.50 bits per heavy atom. The highest BCUT2D eigenvalue weighted by atomic mass is 16.5. The molecule has 0 bridgehead atoms. The number of nitrogens with zero attached hydrogens (tertiary/aromatic N) is 2. The Balaban J connectivity index is 1.76. The van der Waals surface area contributed by atoms with Gasteiger partial charge in [-0.25, -0.2) is 4.79 Å². The van der Waals surface area contributed by atoms with E-state index < -0.39 is 11.6 Å². The second-order valence-corrected chi connectivity index (χ2v) is 5.92. The van der Waals surface area contributed by atoms with Crippen LogP contribution in [0.3, 0.4) is 0 Å². The van der Waals surface area contributed by atoms with Gasteiger partial charge in [-0.05, 0) is 32.9 Å². The van der Waals surface area contributed by atoms with E-state index in [1.54, 1.807) is 13.8 Å². The molecule has 2 rings (SSSR count). The van der Waals surface area contributed by atoms with Crippen LogP contribution in [0.5, 0.6) is 0 Å². The van der Waals surface area contributed by atoms with Crippen molar-refractivity contribution in [2.45, 2.75) is 38.8 Å². The molecule has 22 heavy (non-hydrogen) atoms. The van der Waals surface area contributed by atoms with Gasteiger partial charge in [0.15, 0.2) is 0 Å². The molecule has 0 aliphatic carbocycles. The van der Waals surface area contributed by atoms with E-state index in [9.17, 15) is 14.4 Å². The summed E-state index contributed by atoms with van der Waals surface area (Å²) in [6, 6.07) is 3.33. The summed E-state index contributed by atoms with van der Waals surface area (Å²) in [6.07, 6.45) is 4.00. The maximum absolute atomic E-state index is 11.9. The average molecular weight is 307 g/mol. The van der Waals surface area contributed by atoms with Gasteiger partial charge >= 0.3 is 12.0 Å². The number of ether oxygens (including phenoxy) is 1. The molecule has 0 unspecified atom stereocenters. The van der Waals surface area contributed by atoms with Crippen molar-refractivity contribution >= 4 is 17.9 Å². The molecule has 0 aromatic carbocycles. The van der Waals surface area contributed by atoms with E-state index in [0.29, 0.717) is 0 Å². The molecule has 7 nitrogen and oxygen atoms in total. The lowest BCUT2D eigenvalue weighted by molar-refractivity contribution is -0.145. The minimum absolute atomic E-state index is 0.00171. The first kappa shape index (κ1) is 16.1. The molecule has 1 aromatic heterocycles. The summed E-state index contributed by atoms with van der Waals surface area (Å²) in [4.78, 5) is 36.4. The van der Waals surface area contributed by atoms with Gasteiger partial charge in [-0.2, -0.15) is 0 Å². The maximum Gasteiger partial charge on any atom is 0.325 e. The monoisotopic (exact) mass is 307 g/mol.